The van der Waals surface area contributed by atoms with Gasteiger partial charge in [-0.15, -0.1) is 6.58 Å². The first-order valence-corrected chi connectivity index (χ1v) is 7.33. The number of carbonyl (C=O) groups excluding carboxylic acids is 1. The zero-order chi connectivity index (χ0) is 15.1. The van der Waals surface area contributed by atoms with Gasteiger partial charge in [0.1, 0.15) is 0 Å². The van der Waals surface area contributed by atoms with Crippen molar-refractivity contribution in [3.05, 3.63) is 55.4 Å². The van der Waals surface area contributed by atoms with Crippen molar-refractivity contribution in [2.45, 2.75) is 6.42 Å². The molecule has 1 aliphatic heterocycles. The van der Waals surface area contributed by atoms with Crippen molar-refractivity contribution in [3.63, 3.8) is 0 Å². The molecule has 22 heavy (non-hydrogen) atoms. The van der Waals surface area contributed by atoms with Crippen molar-refractivity contribution in [3.8, 4) is 0 Å². The zero-order valence-electron chi connectivity index (χ0n) is 12.1. The molecule has 0 N–H and O–H groups in total. The lowest BCUT2D eigenvalue weighted by molar-refractivity contribution is -0.117. The predicted molar refractivity (Wildman–Crippen MR) is 87.7 cm³/mol. The molecule has 1 amide bonds. The third kappa shape index (κ3) is 1.88. The summed E-state index contributed by atoms with van der Waals surface area (Å²) in [4.78, 5) is 23.1. The van der Waals surface area contributed by atoms with Crippen LogP contribution < -0.4 is 4.90 Å². The van der Waals surface area contributed by atoms with Crippen molar-refractivity contribution in [2.75, 3.05) is 11.4 Å². The van der Waals surface area contributed by atoms with Gasteiger partial charge in [0.15, 0.2) is 0 Å². The number of carbonyl (C=O) groups is 1. The Morgan fingerprint density at radius 1 is 1.18 bits per heavy atom. The van der Waals surface area contributed by atoms with Crippen molar-refractivity contribution in [1.29, 1.82) is 0 Å². The maximum absolute atomic E-state index is 12.4. The summed E-state index contributed by atoms with van der Waals surface area (Å²) in [5.74, 6) is 0.349. The monoisotopic (exact) mass is 289 g/mol. The fourth-order valence-corrected chi connectivity index (χ4v) is 3.11. The van der Waals surface area contributed by atoms with Crippen LogP contribution in [-0.2, 0) is 4.79 Å². The molecule has 4 rings (SSSR count). The van der Waals surface area contributed by atoms with Crippen LogP contribution in [0.15, 0.2) is 55.4 Å². The maximum atomic E-state index is 12.4. The van der Waals surface area contributed by atoms with Crippen LogP contribution in [0.5, 0.6) is 0 Å². The number of benzene rings is 1. The summed E-state index contributed by atoms with van der Waals surface area (Å²) in [5, 5.41) is 1.96. The lowest BCUT2D eigenvalue weighted by atomic mass is 10.1. The molecule has 4 nitrogen and oxygen atoms in total. The van der Waals surface area contributed by atoms with E-state index in [-0.39, 0.29) is 11.8 Å². The minimum Gasteiger partial charge on any atom is -0.311 e. The Labute approximate surface area is 128 Å². The molecule has 3 heterocycles. The van der Waals surface area contributed by atoms with Gasteiger partial charge >= 0.3 is 0 Å². The van der Waals surface area contributed by atoms with E-state index < -0.39 is 0 Å². The highest BCUT2D eigenvalue weighted by Gasteiger charge is 2.30. The quantitative estimate of drug-likeness (QED) is 0.537. The number of nitrogens with zero attached hydrogens (tertiary/aromatic N) is 3. The predicted octanol–water partition coefficient (Wildman–Crippen LogP) is 3.32. The van der Waals surface area contributed by atoms with Gasteiger partial charge in [0.25, 0.3) is 0 Å². The molecule has 1 fully saturated rings. The molecule has 2 aromatic heterocycles. The molecule has 1 saturated heterocycles. The summed E-state index contributed by atoms with van der Waals surface area (Å²) in [7, 11) is 0. The lowest BCUT2D eigenvalue weighted by Gasteiger charge is -2.19. The van der Waals surface area contributed by atoms with Crippen LogP contribution in [0.1, 0.15) is 6.42 Å². The number of anilines is 1. The Balaban J connectivity index is 2.00. The summed E-state index contributed by atoms with van der Waals surface area (Å²) < 4.78 is 0. The molecule has 3 aromatic rings. The van der Waals surface area contributed by atoms with Crippen molar-refractivity contribution < 1.29 is 4.79 Å². The highest BCUT2D eigenvalue weighted by atomic mass is 16.2. The van der Waals surface area contributed by atoms with Crippen molar-refractivity contribution in [1.82, 2.24) is 9.97 Å². The van der Waals surface area contributed by atoms with E-state index in [1.54, 1.807) is 12.4 Å². The molecule has 0 spiro atoms. The van der Waals surface area contributed by atoms with Gasteiger partial charge in [-0.05, 0) is 24.3 Å². The van der Waals surface area contributed by atoms with Gasteiger partial charge in [-0.25, -0.2) is 0 Å². The number of hydrogen-bond acceptors (Lipinski definition) is 3. The van der Waals surface area contributed by atoms with Crippen LogP contribution in [0.2, 0.25) is 0 Å². The van der Waals surface area contributed by atoms with E-state index >= 15 is 0 Å². The molecule has 0 bridgehead atoms. The van der Waals surface area contributed by atoms with Crippen LogP contribution in [-0.4, -0.2) is 22.4 Å². The highest BCUT2D eigenvalue weighted by Crippen LogP contribution is 2.35. The fourth-order valence-electron chi connectivity index (χ4n) is 3.11. The molecule has 1 atom stereocenters. The van der Waals surface area contributed by atoms with Crippen LogP contribution in [0.25, 0.3) is 21.8 Å². The molecule has 0 saturated carbocycles. The van der Waals surface area contributed by atoms with Crippen LogP contribution in [0.4, 0.5) is 5.69 Å². The molecule has 0 aliphatic carbocycles. The van der Waals surface area contributed by atoms with Gasteiger partial charge in [0.2, 0.25) is 5.91 Å². The first-order valence-electron chi connectivity index (χ1n) is 7.33. The van der Waals surface area contributed by atoms with Gasteiger partial charge in [0, 0.05) is 42.0 Å². The Kier molecular flexibility index (Phi) is 2.89. The Morgan fingerprint density at radius 2 is 1.95 bits per heavy atom. The van der Waals surface area contributed by atoms with Crippen LogP contribution in [0, 0.1) is 5.92 Å². The van der Waals surface area contributed by atoms with E-state index in [1.165, 1.54) is 0 Å². The minimum absolute atomic E-state index is 0.137. The van der Waals surface area contributed by atoms with E-state index in [1.807, 2.05) is 41.3 Å². The Bertz CT molecular complexity index is 903. The highest BCUT2D eigenvalue weighted by molar-refractivity contribution is 6.13. The molecule has 4 heteroatoms. The topological polar surface area (TPSA) is 46.1 Å². The minimum atomic E-state index is 0.137. The van der Waals surface area contributed by atoms with Crippen LogP contribution >= 0.6 is 0 Å². The summed E-state index contributed by atoms with van der Waals surface area (Å²) >= 11 is 0. The van der Waals surface area contributed by atoms with Gasteiger partial charge in [-0.2, -0.15) is 0 Å². The normalized spacial score (nSPS) is 18.3. The smallest absolute Gasteiger partial charge is 0.227 e. The van der Waals surface area contributed by atoms with E-state index in [4.69, 9.17) is 0 Å². The SMILES string of the molecule is C=CC1CC(=O)N(c2cc3cccnc3c3ncccc23)C1. The summed E-state index contributed by atoms with van der Waals surface area (Å²) in [6.45, 7) is 4.49. The van der Waals surface area contributed by atoms with Crippen molar-refractivity contribution >= 4 is 33.4 Å². The molecule has 1 aromatic carbocycles. The average Bonchev–Trinajstić information content (AvgIpc) is 2.95. The van der Waals surface area contributed by atoms with E-state index in [0.717, 1.165) is 27.5 Å². The first-order chi connectivity index (χ1) is 10.8. The first kappa shape index (κ1) is 13.0. The average molecular weight is 289 g/mol. The Hall–Kier alpha value is -2.75. The van der Waals surface area contributed by atoms with Crippen LogP contribution in [0.3, 0.4) is 0 Å². The van der Waals surface area contributed by atoms with E-state index in [9.17, 15) is 4.79 Å². The number of rotatable bonds is 2. The summed E-state index contributed by atoms with van der Waals surface area (Å²) in [6, 6.07) is 9.84. The molecule has 108 valence electrons. The van der Waals surface area contributed by atoms with Gasteiger partial charge < -0.3 is 4.90 Å². The molecular weight excluding hydrogens is 274 g/mol. The Morgan fingerprint density at radius 3 is 2.73 bits per heavy atom. The lowest BCUT2D eigenvalue weighted by Crippen LogP contribution is -2.24. The second kappa shape index (κ2) is 4.91. The third-order valence-electron chi connectivity index (χ3n) is 4.22. The van der Waals surface area contributed by atoms with Crippen molar-refractivity contribution in [2.24, 2.45) is 5.92 Å². The summed E-state index contributed by atoms with van der Waals surface area (Å²) in [5.41, 5.74) is 2.62. The number of pyridine rings is 2. The number of amides is 1. The largest absolute Gasteiger partial charge is 0.311 e. The second-order valence-corrected chi connectivity index (χ2v) is 5.57. The fraction of sp³-hybridized carbons (Fsp3) is 0.167. The van der Waals surface area contributed by atoms with Gasteiger partial charge in [-0.1, -0.05) is 12.1 Å². The maximum Gasteiger partial charge on any atom is 0.227 e. The second-order valence-electron chi connectivity index (χ2n) is 5.57. The zero-order valence-corrected chi connectivity index (χ0v) is 12.1. The molecule has 1 aliphatic rings. The summed E-state index contributed by atoms with van der Waals surface area (Å²) in [6.07, 6.45) is 5.92. The molecule has 0 radical (unpaired) electrons. The van der Waals surface area contributed by atoms with E-state index in [2.05, 4.69) is 16.5 Å². The number of aromatic nitrogens is 2. The molecule has 1 unspecified atom stereocenters. The van der Waals surface area contributed by atoms with Gasteiger partial charge in [-0.3, -0.25) is 14.8 Å². The third-order valence-corrected chi connectivity index (χ3v) is 4.22. The number of hydrogen-bond donors (Lipinski definition) is 0. The van der Waals surface area contributed by atoms with E-state index in [0.29, 0.717) is 13.0 Å². The standard InChI is InChI=1S/C18H15N3O/c1-2-12-9-16(22)21(11-12)15-10-13-5-3-7-19-17(13)18-14(15)6-4-8-20-18/h2-8,10,12H,1,9,11H2. The van der Waals surface area contributed by atoms with Gasteiger partial charge in [0.05, 0.1) is 16.7 Å². The molecular formula is C18H15N3O. The number of fused-ring (bicyclic) bond motifs is 3.